The summed E-state index contributed by atoms with van der Waals surface area (Å²) in [4.78, 5) is 22.0. The molecule has 1 aromatic carbocycles. The van der Waals surface area contributed by atoms with E-state index < -0.39 is 11.4 Å². The molecule has 4 heteroatoms. The molecular weight excluding hydrogens is 197 g/mol. The van der Waals surface area contributed by atoms with Crippen LogP contribution in [-0.4, -0.2) is 12.2 Å². The lowest BCUT2D eigenvalue weighted by Gasteiger charge is -2.19. The Kier molecular flexibility index (Phi) is 1.89. The molecule has 0 aromatic heterocycles. The van der Waals surface area contributed by atoms with Gasteiger partial charge in [0.1, 0.15) is 5.82 Å². The topological polar surface area (TPSA) is 46.2 Å². The minimum Gasteiger partial charge on any atom is -0.343 e. The number of amides is 1. The molecule has 0 radical (unpaired) electrons. The smallest absolute Gasteiger partial charge is 0.252 e. The van der Waals surface area contributed by atoms with Crippen molar-refractivity contribution in [2.75, 3.05) is 0 Å². The van der Waals surface area contributed by atoms with Crippen molar-refractivity contribution in [3.63, 3.8) is 0 Å². The van der Waals surface area contributed by atoms with E-state index in [1.54, 1.807) is 0 Å². The first kappa shape index (κ1) is 9.83. The summed E-state index contributed by atoms with van der Waals surface area (Å²) in [5.41, 5.74) is 0.412. The molecule has 0 bridgehead atoms. The van der Waals surface area contributed by atoms with Crippen LogP contribution in [0.3, 0.4) is 0 Å². The van der Waals surface area contributed by atoms with E-state index in [0.717, 1.165) is 6.07 Å². The summed E-state index contributed by atoms with van der Waals surface area (Å²) >= 11 is 0. The molecule has 3 nitrogen and oxygen atoms in total. The molecule has 0 unspecified atom stereocenters. The van der Waals surface area contributed by atoms with Gasteiger partial charge in [-0.2, -0.15) is 0 Å². The predicted molar refractivity (Wildman–Crippen MR) is 52.3 cm³/mol. The van der Waals surface area contributed by atoms with Crippen molar-refractivity contribution in [3.05, 3.63) is 34.6 Å². The van der Waals surface area contributed by atoms with E-state index in [2.05, 4.69) is 5.32 Å². The quantitative estimate of drug-likeness (QED) is 0.711. The lowest BCUT2D eigenvalue weighted by Crippen LogP contribution is -2.32. The zero-order valence-corrected chi connectivity index (χ0v) is 8.43. The van der Waals surface area contributed by atoms with Crippen LogP contribution in [0, 0.1) is 5.82 Å². The first-order valence-corrected chi connectivity index (χ1v) is 4.57. The van der Waals surface area contributed by atoms with Gasteiger partial charge in [-0.25, -0.2) is 4.39 Å². The number of benzene rings is 1. The van der Waals surface area contributed by atoms with Gasteiger partial charge in [-0.15, -0.1) is 0 Å². The maximum absolute atomic E-state index is 13.3. The van der Waals surface area contributed by atoms with E-state index in [1.165, 1.54) is 6.07 Å². The molecule has 0 aliphatic carbocycles. The standard InChI is InChI=1S/C11H10FNO2/c1-11(2)8-3-6(5-14)9(12)4-7(8)10(15)13-11/h3-5H,1-2H3,(H,13,15). The molecular formula is C11H10FNO2. The molecule has 0 fully saturated rings. The van der Waals surface area contributed by atoms with Crippen molar-refractivity contribution in [1.82, 2.24) is 5.32 Å². The molecule has 0 atom stereocenters. The van der Waals surface area contributed by atoms with Crippen LogP contribution in [0.5, 0.6) is 0 Å². The zero-order valence-electron chi connectivity index (χ0n) is 8.43. The second kappa shape index (κ2) is 2.89. The number of hydrogen-bond donors (Lipinski definition) is 1. The molecule has 1 aromatic rings. The highest BCUT2D eigenvalue weighted by Gasteiger charge is 2.35. The third kappa shape index (κ3) is 1.33. The van der Waals surface area contributed by atoms with Crippen LogP contribution in [0.4, 0.5) is 4.39 Å². The van der Waals surface area contributed by atoms with Crippen LogP contribution >= 0.6 is 0 Å². The third-order valence-electron chi connectivity index (χ3n) is 2.61. The van der Waals surface area contributed by atoms with Crippen molar-refractivity contribution in [2.45, 2.75) is 19.4 Å². The predicted octanol–water partition coefficient (Wildman–Crippen LogP) is 1.62. The molecule has 1 aliphatic heterocycles. The van der Waals surface area contributed by atoms with Crippen LogP contribution in [0.2, 0.25) is 0 Å². The highest BCUT2D eigenvalue weighted by molar-refractivity contribution is 6.00. The highest BCUT2D eigenvalue weighted by Crippen LogP contribution is 2.31. The SMILES string of the molecule is CC1(C)NC(=O)c2cc(F)c(C=O)cc21. The number of aldehydes is 1. The highest BCUT2D eigenvalue weighted by atomic mass is 19.1. The normalized spacial score (nSPS) is 17.1. The minimum absolute atomic E-state index is 0.0154. The molecule has 1 amide bonds. The summed E-state index contributed by atoms with van der Waals surface area (Å²) in [7, 11) is 0. The van der Waals surface area contributed by atoms with Crippen LogP contribution < -0.4 is 5.32 Å². The summed E-state index contributed by atoms with van der Waals surface area (Å²) in [6.45, 7) is 3.62. The average Bonchev–Trinajstić information content (AvgIpc) is 2.36. The first-order valence-electron chi connectivity index (χ1n) is 4.57. The molecule has 0 saturated heterocycles. The van der Waals surface area contributed by atoms with Gasteiger partial charge in [0, 0.05) is 5.56 Å². The number of carbonyl (C=O) groups is 2. The Labute approximate surface area is 86.3 Å². The Bertz CT molecular complexity index is 466. The Balaban J connectivity index is 2.71. The van der Waals surface area contributed by atoms with E-state index in [4.69, 9.17) is 0 Å². The molecule has 0 spiro atoms. The van der Waals surface area contributed by atoms with Gasteiger partial charge in [0.05, 0.1) is 11.1 Å². The average molecular weight is 207 g/mol. The fraction of sp³-hybridized carbons (Fsp3) is 0.273. The van der Waals surface area contributed by atoms with Gasteiger partial charge in [0.25, 0.3) is 5.91 Å². The van der Waals surface area contributed by atoms with Crippen LogP contribution in [-0.2, 0) is 5.54 Å². The second-order valence-electron chi connectivity index (χ2n) is 4.12. The molecule has 1 aliphatic rings. The summed E-state index contributed by atoms with van der Waals surface area (Å²) in [5, 5.41) is 2.72. The maximum Gasteiger partial charge on any atom is 0.252 e. The van der Waals surface area contributed by atoms with Gasteiger partial charge in [-0.05, 0) is 31.5 Å². The third-order valence-corrected chi connectivity index (χ3v) is 2.61. The Morgan fingerprint density at radius 3 is 2.67 bits per heavy atom. The van der Waals surface area contributed by atoms with E-state index in [1.807, 2.05) is 13.8 Å². The molecule has 15 heavy (non-hydrogen) atoms. The Morgan fingerprint density at radius 1 is 1.40 bits per heavy atom. The number of carbonyl (C=O) groups excluding carboxylic acids is 2. The first-order chi connectivity index (χ1) is 6.95. The van der Waals surface area contributed by atoms with E-state index in [-0.39, 0.29) is 11.5 Å². The molecule has 2 rings (SSSR count). The number of fused-ring (bicyclic) bond motifs is 1. The van der Waals surface area contributed by atoms with Gasteiger partial charge >= 0.3 is 0 Å². The van der Waals surface area contributed by atoms with Crippen molar-refractivity contribution >= 4 is 12.2 Å². The molecule has 1 heterocycles. The van der Waals surface area contributed by atoms with E-state index >= 15 is 0 Å². The lowest BCUT2D eigenvalue weighted by atomic mass is 9.93. The van der Waals surface area contributed by atoms with E-state index in [0.29, 0.717) is 17.4 Å². The summed E-state index contributed by atoms with van der Waals surface area (Å²) in [5.74, 6) is -0.956. The minimum atomic E-state index is -0.656. The molecule has 78 valence electrons. The van der Waals surface area contributed by atoms with Crippen molar-refractivity contribution < 1.29 is 14.0 Å². The fourth-order valence-electron chi connectivity index (χ4n) is 1.80. The zero-order chi connectivity index (χ0) is 11.2. The number of halogens is 1. The Hall–Kier alpha value is -1.71. The number of nitrogens with one attached hydrogen (secondary N) is 1. The van der Waals surface area contributed by atoms with Crippen molar-refractivity contribution in [1.29, 1.82) is 0 Å². The number of hydrogen-bond acceptors (Lipinski definition) is 2. The van der Waals surface area contributed by atoms with Crippen LogP contribution in [0.15, 0.2) is 12.1 Å². The van der Waals surface area contributed by atoms with Crippen LogP contribution in [0.25, 0.3) is 0 Å². The van der Waals surface area contributed by atoms with Gasteiger partial charge in [-0.1, -0.05) is 0 Å². The largest absolute Gasteiger partial charge is 0.343 e. The Morgan fingerprint density at radius 2 is 2.07 bits per heavy atom. The summed E-state index contributed by atoms with van der Waals surface area (Å²) in [6, 6.07) is 2.54. The van der Waals surface area contributed by atoms with E-state index in [9.17, 15) is 14.0 Å². The summed E-state index contributed by atoms with van der Waals surface area (Å²) < 4.78 is 13.3. The molecule has 1 N–H and O–H groups in total. The molecule has 0 saturated carbocycles. The maximum atomic E-state index is 13.3. The number of rotatable bonds is 1. The van der Waals surface area contributed by atoms with Gasteiger partial charge < -0.3 is 5.32 Å². The monoisotopic (exact) mass is 207 g/mol. The van der Waals surface area contributed by atoms with Gasteiger partial charge in [0.15, 0.2) is 6.29 Å². The van der Waals surface area contributed by atoms with Crippen LogP contribution in [0.1, 0.15) is 40.1 Å². The van der Waals surface area contributed by atoms with Crippen molar-refractivity contribution in [2.24, 2.45) is 0 Å². The summed E-state index contributed by atoms with van der Waals surface area (Å²) in [6.07, 6.45) is 0.453. The van der Waals surface area contributed by atoms with Gasteiger partial charge in [0.2, 0.25) is 0 Å². The van der Waals surface area contributed by atoms with Crippen molar-refractivity contribution in [3.8, 4) is 0 Å². The van der Waals surface area contributed by atoms with Gasteiger partial charge in [-0.3, -0.25) is 9.59 Å². The lowest BCUT2D eigenvalue weighted by molar-refractivity contribution is 0.0939. The second-order valence-corrected chi connectivity index (χ2v) is 4.12. The fourth-order valence-corrected chi connectivity index (χ4v) is 1.80.